The van der Waals surface area contributed by atoms with Gasteiger partial charge in [0.25, 0.3) is 0 Å². The number of rotatable bonds is 4. The maximum absolute atomic E-state index is 12.0. The van der Waals surface area contributed by atoms with Crippen molar-refractivity contribution in [2.24, 2.45) is 11.8 Å². The number of carbonyl (C=O) groups is 2. The van der Waals surface area contributed by atoms with Gasteiger partial charge in [-0.25, -0.2) is 9.97 Å². The molecule has 22 heavy (non-hydrogen) atoms. The van der Waals surface area contributed by atoms with Gasteiger partial charge in [-0.3, -0.25) is 9.59 Å². The van der Waals surface area contributed by atoms with Gasteiger partial charge in [-0.1, -0.05) is 30.3 Å². The molecular weight excluding hydrogens is 282 g/mol. The van der Waals surface area contributed by atoms with Gasteiger partial charge < -0.3 is 10.4 Å². The molecule has 1 heterocycles. The first-order chi connectivity index (χ1) is 10.6. The normalized spacial score (nSPS) is 20.0. The first-order valence-electron chi connectivity index (χ1n) is 7.06. The van der Waals surface area contributed by atoms with E-state index >= 15 is 0 Å². The van der Waals surface area contributed by atoms with Crippen LogP contribution in [0.4, 0.5) is 5.69 Å². The van der Waals surface area contributed by atoms with Crippen LogP contribution in [0.5, 0.6) is 0 Å². The third-order valence-corrected chi connectivity index (χ3v) is 3.88. The Kier molecular flexibility index (Phi) is 3.82. The molecule has 0 aliphatic heterocycles. The predicted molar refractivity (Wildman–Crippen MR) is 79.9 cm³/mol. The smallest absolute Gasteiger partial charge is 0.307 e. The van der Waals surface area contributed by atoms with E-state index in [4.69, 9.17) is 5.11 Å². The average molecular weight is 297 g/mol. The Labute approximate surface area is 127 Å². The fourth-order valence-corrected chi connectivity index (χ4v) is 2.47. The monoisotopic (exact) mass is 297 g/mol. The van der Waals surface area contributed by atoms with Gasteiger partial charge in [0.2, 0.25) is 5.91 Å². The van der Waals surface area contributed by atoms with E-state index in [2.05, 4.69) is 15.3 Å². The van der Waals surface area contributed by atoms with Crippen molar-refractivity contribution in [1.82, 2.24) is 9.97 Å². The van der Waals surface area contributed by atoms with Gasteiger partial charge in [-0.2, -0.15) is 0 Å². The molecule has 3 rings (SSSR count). The second-order valence-electron chi connectivity index (χ2n) is 5.28. The van der Waals surface area contributed by atoms with Gasteiger partial charge in [0.05, 0.1) is 29.9 Å². The van der Waals surface area contributed by atoms with E-state index in [-0.39, 0.29) is 5.91 Å². The summed E-state index contributed by atoms with van der Waals surface area (Å²) >= 11 is 0. The Morgan fingerprint density at radius 1 is 1.05 bits per heavy atom. The number of benzene rings is 1. The molecule has 1 aliphatic rings. The molecule has 6 nitrogen and oxygen atoms in total. The third kappa shape index (κ3) is 2.81. The number of nitrogens with one attached hydrogen (secondary N) is 1. The van der Waals surface area contributed by atoms with Gasteiger partial charge in [0, 0.05) is 5.56 Å². The van der Waals surface area contributed by atoms with Crippen molar-refractivity contribution in [3.8, 4) is 11.4 Å². The Morgan fingerprint density at radius 2 is 1.68 bits per heavy atom. The van der Waals surface area contributed by atoms with Gasteiger partial charge >= 0.3 is 5.97 Å². The summed E-state index contributed by atoms with van der Waals surface area (Å²) in [5, 5.41) is 11.7. The molecule has 0 bridgehead atoms. The minimum Gasteiger partial charge on any atom is -0.481 e. The number of nitrogens with zero attached hydrogens (tertiary/aromatic N) is 2. The van der Waals surface area contributed by atoms with E-state index in [1.54, 1.807) is 0 Å². The van der Waals surface area contributed by atoms with Crippen LogP contribution in [0.3, 0.4) is 0 Å². The van der Waals surface area contributed by atoms with Crippen LogP contribution < -0.4 is 5.32 Å². The summed E-state index contributed by atoms with van der Waals surface area (Å²) in [5.74, 6) is -1.67. The number of aromatic nitrogens is 2. The molecule has 6 heteroatoms. The molecule has 2 aromatic rings. The highest BCUT2D eigenvalue weighted by Crippen LogP contribution is 2.35. The average Bonchev–Trinajstić information content (AvgIpc) is 2.47. The zero-order chi connectivity index (χ0) is 15.5. The van der Waals surface area contributed by atoms with Crippen molar-refractivity contribution in [3.63, 3.8) is 0 Å². The minimum absolute atomic E-state index is 0.283. The lowest BCUT2D eigenvalue weighted by Gasteiger charge is -2.31. The molecule has 112 valence electrons. The number of amides is 1. The van der Waals surface area contributed by atoms with Crippen LogP contribution in [-0.2, 0) is 9.59 Å². The Bertz CT molecular complexity index is 686. The van der Waals surface area contributed by atoms with E-state index in [0.29, 0.717) is 24.4 Å². The molecule has 0 spiro atoms. The fourth-order valence-electron chi connectivity index (χ4n) is 2.47. The summed E-state index contributed by atoms with van der Waals surface area (Å²) in [7, 11) is 0. The lowest BCUT2D eigenvalue weighted by Crippen LogP contribution is -2.41. The SMILES string of the molecule is O=C(Nc1cnc(-c2ccccc2)nc1)[C@H]1CC[C@H]1C(=O)O. The lowest BCUT2D eigenvalue weighted by atomic mass is 9.73. The van der Waals surface area contributed by atoms with Crippen molar-refractivity contribution >= 4 is 17.6 Å². The molecule has 1 amide bonds. The molecule has 1 saturated carbocycles. The summed E-state index contributed by atoms with van der Waals surface area (Å²) in [6.45, 7) is 0. The Balaban J connectivity index is 1.67. The van der Waals surface area contributed by atoms with Gasteiger partial charge in [-0.05, 0) is 12.8 Å². The van der Waals surface area contributed by atoms with Crippen molar-refractivity contribution in [2.45, 2.75) is 12.8 Å². The quantitative estimate of drug-likeness (QED) is 0.902. The number of hydrogen-bond donors (Lipinski definition) is 2. The van der Waals surface area contributed by atoms with E-state index in [1.165, 1.54) is 12.4 Å². The van der Waals surface area contributed by atoms with Crippen LogP contribution >= 0.6 is 0 Å². The van der Waals surface area contributed by atoms with Gasteiger partial charge in [0.1, 0.15) is 0 Å². The van der Waals surface area contributed by atoms with Crippen LogP contribution in [0.15, 0.2) is 42.7 Å². The van der Waals surface area contributed by atoms with Crippen molar-refractivity contribution in [3.05, 3.63) is 42.7 Å². The molecule has 1 fully saturated rings. The van der Waals surface area contributed by atoms with Crippen molar-refractivity contribution in [1.29, 1.82) is 0 Å². The van der Waals surface area contributed by atoms with Gasteiger partial charge in [-0.15, -0.1) is 0 Å². The molecule has 1 aromatic heterocycles. The standard InChI is InChI=1S/C16H15N3O3/c20-15(12-6-7-13(12)16(21)22)19-11-8-17-14(18-9-11)10-4-2-1-3-5-10/h1-5,8-9,12-13H,6-7H2,(H,19,20)(H,21,22)/t12-,13+/m0/s1. The molecule has 2 atom stereocenters. The first kappa shape index (κ1) is 14.2. The summed E-state index contributed by atoms with van der Waals surface area (Å²) in [6, 6.07) is 9.52. The highest BCUT2D eigenvalue weighted by Gasteiger charge is 2.41. The minimum atomic E-state index is -0.915. The Morgan fingerprint density at radius 3 is 2.23 bits per heavy atom. The predicted octanol–water partition coefficient (Wildman–Crippen LogP) is 2.19. The number of anilines is 1. The zero-order valence-electron chi connectivity index (χ0n) is 11.8. The number of hydrogen-bond acceptors (Lipinski definition) is 4. The van der Waals surface area contributed by atoms with E-state index in [9.17, 15) is 9.59 Å². The van der Waals surface area contributed by atoms with Crippen molar-refractivity contribution in [2.75, 3.05) is 5.32 Å². The third-order valence-electron chi connectivity index (χ3n) is 3.88. The van der Waals surface area contributed by atoms with E-state index in [1.807, 2.05) is 30.3 Å². The molecule has 0 unspecified atom stereocenters. The first-order valence-corrected chi connectivity index (χ1v) is 7.06. The fraction of sp³-hybridized carbons (Fsp3) is 0.250. The molecule has 0 saturated heterocycles. The number of carboxylic acids is 1. The second kappa shape index (κ2) is 5.93. The number of aliphatic carboxylic acids is 1. The maximum atomic E-state index is 12.0. The summed E-state index contributed by atoms with van der Waals surface area (Å²) in [5.41, 5.74) is 1.37. The lowest BCUT2D eigenvalue weighted by molar-refractivity contribution is -0.151. The van der Waals surface area contributed by atoms with E-state index in [0.717, 1.165) is 5.56 Å². The highest BCUT2D eigenvalue weighted by molar-refractivity contribution is 5.95. The molecule has 1 aliphatic carbocycles. The summed E-state index contributed by atoms with van der Waals surface area (Å²) in [4.78, 5) is 31.4. The second-order valence-corrected chi connectivity index (χ2v) is 5.28. The van der Waals surface area contributed by atoms with Crippen LogP contribution in [0.2, 0.25) is 0 Å². The largest absolute Gasteiger partial charge is 0.481 e. The molecule has 2 N–H and O–H groups in total. The van der Waals surface area contributed by atoms with Crippen LogP contribution in [0, 0.1) is 11.8 Å². The summed E-state index contributed by atoms with van der Waals surface area (Å²) < 4.78 is 0. The summed E-state index contributed by atoms with van der Waals surface area (Å²) in [6.07, 6.45) is 4.21. The number of carbonyl (C=O) groups excluding carboxylic acids is 1. The highest BCUT2D eigenvalue weighted by atomic mass is 16.4. The number of carboxylic acid groups (broad SMARTS) is 1. The van der Waals surface area contributed by atoms with Crippen LogP contribution in [0.25, 0.3) is 11.4 Å². The zero-order valence-corrected chi connectivity index (χ0v) is 11.8. The maximum Gasteiger partial charge on any atom is 0.307 e. The molecular formula is C16H15N3O3. The van der Waals surface area contributed by atoms with Gasteiger partial charge in [0.15, 0.2) is 5.82 Å². The molecule has 1 aromatic carbocycles. The van der Waals surface area contributed by atoms with Crippen LogP contribution in [-0.4, -0.2) is 27.0 Å². The molecule has 0 radical (unpaired) electrons. The Hall–Kier alpha value is -2.76. The van der Waals surface area contributed by atoms with E-state index < -0.39 is 17.8 Å². The topological polar surface area (TPSA) is 92.2 Å². The van der Waals surface area contributed by atoms with Crippen molar-refractivity contribution < 1.29 is 14.7 Å². The van der Waals surface area contributed by atoms with Crippen LogP contribution in [0.1, 0.15) is 12.8 Å².